The standard InChI is InChI=1S/C17H21FN4O2/c18-15-3-1-13(2-4-15)17(24)14-5-8-21(9-6-14)16(23)7-10-22-12-19-11-20-22/h1-4,11-12,14,17,24H,5-10H2. The van der Waals surface area contributed by atoms with E-state index in [4.69, 9.17) is 0 Å². The maximum absolute atomic E-state index is 13.0. The lowest BCUT2D eigenvalue weighted by Crippen LogP contribution is -2.40. The number of likely N-dealkylation sites (tertiary alicyclic amines) is 1. The minimum Gasteiger partial charge on any atom is -0.388 e. The van der Waals surface area contributed by atoms with Crippen LogP contribution in [0.25, 0.3) is 0 Å². The van der Waals surface area contributed by atoms with Crippen LogP contribution in [-0.2, 0) is 11.3 Å². The zero-order valence-corrected chi connectivity index (χ0v) is 13.4. The molecule has 0 aliphatic carbocycles. The van der Waals surface area contributed by atoms with Crippen LogP contribution < -0.4 is 0 Å². The summed E-state index contributed by atoms with van der Waals surface area (Å²) in [5.41, 5.74) is 0.729. The van der Waals surface area contributed by atoms with Gasteiger partial charge in [-0.25, -0.2) is 9.37 Å². The lowest BCUT2D eigenvalue weighted by molar-refractivity contribution is -0.133. The molecule has 0 radical (unpaired) electrons. The van der Waals surface area contributed by atoms with Crippen LogP contribution in [0.15, 0.2) is 36.9 Å². The molecule has 1 fully saturated rings. The van der Waals surface area contributed by atoms with Gasteiger partial charge in [0.15, 0.2) is 0 Å². The van der Waals surface area contributed by atoms with Crippen molar-refractivity contribution in [3.8, 4) is 0 Å². The summed E-state index contributed by atoms with van der Waals surface area (Å²) in [5.74, 6) is -0.117. The lowest BCUT2D eigenvalue weighted by Gasteiger charge is -2.34. The van der Waals surface area contributed by atoms with Crippen LogP contribution in [0.4, 0.5) is 4.39 Å². The number of hydrogen-bond donors (Lipinski definition) is 1. The van der Waals surface area contributed by atoms with Crippen LogP contribution in [0.2, 0.25) is 0 Å². The Morgan fingerprint density at radius 3 is 2.62 bits per heavy atom. The molecule has 1 aliphatic rings. The van der Waals surface area contributed by atoms with E-state index in [-0.39, 0.29) is 17.6 Å². The molecule has 1 saturated heterocycles. The van der Waals surface area contributed by atoms with Crippen LogP contribution >= 0.6 is 0 Å². The molecule has 1 N–H and O–H groups in total. The highest BCUT2D eigenvalue weighted by Gasteiger charge is 2.28. The van der Waals surface area contributed by atoms with E-state index in [2.05, 4.69) is 10.1 Å². The Kier molecular flexibility index (Phi) is 5.20. The highest BCUT2D eigenvalue weighted by atomic mass is 19.1. The summed E-state index contributed by atoms with van der Waals surface area (Å²) >= 11 is 0. The Labute approximate surface area is 139 Å². The first-order chi connectivity index (χ1) is 11.6. The van der Waals surface area contributed by atoms with Gasteiger partial charge >= 0.3 is 0 Å². The normalized spacial score (nSPS) is 17.0. The van der Waals surface area contributed by atoms with Crippen molar-refractivity contribution in [3.63, 3.8) is 0 Å². The fourth-order valence-corrected chi connectivity index (χ4v) is 3.11. The van der Waals surface area contributed by atoms with Crippen LogP contribution in [0.3, 0.4) is 0 Å². The molecule has 1 aromatic heterocycles. The molecule has 0 bridgehead atoms. The zero-order chi connectivity index (χ0) is 16.9. The molecule has 24 heavy (non-hydrogen) atoms. The first-order valence-corrected chi connectivity index (χ1v) is 8.17. The number of benzene rings is 1. The Morgan fingerprint density at radius 1 is 1.29 bits per heavy atom. The van der Waals surface area contributed by atoms with E-state index in [1.54, 1.807) is 23.1 Å². The number of hydrogen-bond acceptors (Lipinski definition) is 4. The van der Waals surface area contributed by atoms with Crippen molar-refractivity contribution in [3.05, 3.63) is 48.3 Å². The number of aliphatic hydroxyl groups excluding tert-OH is 1. The van der Waals surface area contributed by atoms with Gasteiger partial charge in [-0.3, -0.25) is 9.48 Å². The summed E-state index contributed by atoms with van der Waals surface area (Å²) in [7, 11) is 0. The molecule has 1 aliphatic heterocycles. The van der Waals surface area contributed by atoms with Gasteiger partial charge in [0.05, 0.1) is 12.6 Å². The Balaban J connectivity index is 1.48. The molecule has 6 nitrogen and oxygen atoms in total. The van der Waals surface area contributed by atoms with Crippen molar-refractivity contribution in [2.45, 2.75) is 31.9 Å². The SMILES string of the molecule is O=C(CCn1cncn1)N1CCC(C(O)c2ccc(F)cc2)CC1. The number of amides is 1. The smallest absolute Gasteiger partial charge is 0.224 e. The Morgan fingerprint density at radius 2 is 2.00 bits per heavy atom. The lowest BCUT2D eigenvalue weighted by atomic mass is 9.87. The van der Waals surface area contributed by atoms with Gasteiger partial charge < -0.3 is 10.0 Å². The monoisotopic (exact) mass is 332 g/mol. The minimum absolute atomic E-state index is 0.0924. The van der Waals surface area contributed by atoms with Crippen molar-refractivity contribution in [2.75, 3.05) is 13.1 Å². The molecular formula is C17H21FN4O2. The zero-order valence-electron chi connectivity index (χ0n) is 13.4. The van der Waals surface area contributed by atoms with Gasteiger partial charge in [-0.2, -0.15) is 5.10 Å². The van der Waals surface area contributed by atoms with Crippen molar-refractivity contribution < 1.29 is 14.3 Å². The second kappa shape index (κ2) is 7.53. The number of rotatable bonds is 5. The fraction of sp³-hybridized carbons (Fsp3) is 0.471. The number of carbonyl (C=O) groups is 1. The Hall–Kier alpha value is -2.28. The third-order valence-corrected chi connectivity index (χ3v) is 4.57. The largest absolute Gasteiger partial charge is 0.388 e. The van der Waals surface area contributed by atoms with Crippen molar-refractivity contribution in [1.29, 1.82) is 0 Å². The molecule has 2 aromatic rings. The van der Waals surface area contributed by atoms with Crippen molar-refractivity contribution in [1.82, 2.24) is 19.7 Å². The van der Waals surface area contributed by atoms with Crippen LogP contribution in [0.1, 0.15) is 30.9 Å². The molecule has 1 atom stereocenters. The topological polar surface area (TPSA) is 71.2 Å². The minimum atomic E-state index is -0.613. The second-order valence-electron chi connectivity index (χ2n) is 6.12. The van der Waals surface area contributed by atoms with E-state index in [1.165, 1.54) is 18.5 Å². The molecule has 128 valence electrons. The van der Waals surface area contributed by atoms with Gasteiger partial charge in [0.2, 0.25) is 5.91 Å². The first kappa shape index (κ1) is 16.6. The van der Waals surface area contributed by atoms with E-state index in [1.807, 2.05) is 4.90 Å². The summed E-state index contributed by atoms with van der Waals surface area (Å²) in [6.07, 6.45) is 4.32. The van der Waals surface area contributed by atoms with Crippen molar-refractivity contribution in [2.24, 2.45) is 5.92 Å². The number of aliphatic hydroxyl groups is 1. The third-order valence-electron chi connectivity index (χ3n) is 4.57. The number of aromatic nitrogens is 3. The van der Waals surface area contributed by atoms with E-state index < -0.39 is 6.10 Å². The van der Waals surface area contributed by atoms with Gasteiger partial charge in [0.25, 0.3) is 0 Å². The number of aryl methyl sites for hydroxylation is 1. The maximum Gasteiger partial charge on any atom is 0.224 e. The molecule has 1 aromatic carbocycles. The van der Waals surface area contributed by atoms with Crippen LogP contribution in [0.5, 0.6) is 0 Å². The molecule has 1 amide bonds. The summed E-state index contributed by atoms with van der Waals surface area (Å²) < 4.78 is 14.6. The molecule has 0 saturated carbocycles. The third kappa shape index (κ3) is 3.97. The predicted molar refractivity (Wildman–Crippen MR) is 85.3 cm³/mol. The van der Waals surface area contributed by atoms with Gasteiger partial charge in [-0.1, -0.05) is 12.1 Å². The van der Waals surface area contributed by atoms with E-state index >= 15 is 0 Å². The number of piperidine rings is 1. The number of halogens is 1. The average Bonchev–Trinajstić information content (AvgIpc) is 3.13. The predicted octanol–water partition coefficient (Wildman–Crippen LogP) is 1.78. The van der Waals surface area contributed by atoms with Crippen LogP contribution in [-0.4, -0.2) is 43.8 Å². The average molecular weight is 332 g/mol. The van der Waals surface area contributed by atoms with Crippen molar-refractivity contribution >= 4 is 5.91 Å². The number of carbonyl (C=O) groups excluding carboxylic acids is 1. The maximum atomic E-state index is 13.0. The summed E-state index contributed by atoms with van der Waals surface area (Å²) in [5, 5.41) is 14.4. The summed E-state index contributed by atoms with van der Waals surface area (Å²) in [6.45, 7) is 1.80. The molecule has 0 spiro atoms. The van der Waals surface area contributed by atoms with Gasteiger partial charge in [0, 0.05) is 19.5 Å². The molecule has 1 unspecified atom stereocenters. The summed E-state index contributed by atoms with van der Waals surface area (Å²) in [4.78, 5) is 17.9. The molecule has 3 rings (SSSR count). The molecule has 2 heterocycles. The second-order valence-corrected chi connectivity index (χ2v) is 6.12. The molecular weight excluding hydrogens is 311 g/mol. The van der Waals surface area contributed by atoms with E-state index in [9.17, 15) is 14.3 Å². The summed E-state index contributed by atoms with van der Waals surface area (Å²) in [6, 6.07) is 5.97. The number of nitrogens with zero attached hydrogens (tertiary/aromatic N) is 4. The fourth-order valence-electron chi connectivity index (χ4n) is 3.11. The first-order valence-electron chi connectivity index (χ1n) is 8.17. The van der Waals surface area contributed by atoms with Gasteiger partial charge in [-0.05, 0) is 36.5 Å². The van der Waals surface area contributed by atoms with Gasteiger partial charge in [0.1, 0.15) is 18.5 Å². The highest BCUT2D eigenvalue weighted by Crippen LogP contribution is 2.30. The van der Waals surface area contributed by atoms with E-state index in [0.717, 1.165) is 18.4 Å². The molecule has 7 heteroatoms. The Bertz CT molecular complexity index is 652. The van der Waals surface area contributed by atoms with Crippen LogP contribution in [0, 0.1) is 11.7 Å². The van der Waals surface area contributed by atoms with Gasteiger partial charge in [-0.15, -0.1) is 0 Å². The van der Waals surface area contributed by atoms with E-state index in [0.29, 0.717) is 26.1 Å². The highest BCUT2D eigenvalue weighted by molar-refractivity contribution is 5.76. The quantitative estimate of drug-likeness (QED) is 0.906.